The summed E-state index contributed by atoms with van der Waals surface area (Å²) < 4.78 is 54.0. The van der Waals surface area contributed by atoms with E-state index in [0.717, 1.165) is 6.42 Å². The van der Waals surface area contributed by atoms with Gasteiger partial charge < -0.3 is 15.4 Å². The lowest BCUT2D eigenvalue weighted by molar-refractivity contribution is -0.148. The summed E-state index contributed by atoms with van der Waals surface area (Å²) in [7, 11) is 0. The van der Waals surface area contributed by atoms with Gasteiger partial charge in [0, 0.05) is 25.4 Å². The number of halogens is 4. The van der Waals surface area contributed by atoms with E-state index >= 15 is 0 Å². The van der Waals surface area contributed by atoms with Crippen molar-refractivity contribution in [1.82, 2.24) is 9.88 Å². The van der Waals surface area contributed by atoms with Crippen molar-refractivity contribution in [2.75, 3.05) is 26.2 Å². The molecular weight excluding hydrogens is 318 g/mol. The fourth-order valence-electron chi connectivity index (χ4n) is 2.22. The van der Waals surface area contributed by atoms with Crippen molar-refractivity contribution < 1.29 is 27.1 Å². The molecular formula is C14H17F4N3O2. The summed E-state index contributed by atoms with van der Waals surface area (Å²) in [6, 6.07) is 2.56. The molecule has 2 heterocycles. The standard InChI is InChI=1S/C14H17F4N3O2/c15-13(16)14(17,18)8-23-11-2-1-10(6-20-11)12(22)21-4-3-9(5-19)7-21/h1-2,6,9,13H,3-5,7-8,19H2. The molecule has 2 N–H and O–H groups in total. The lowest BCUT2D eigenvalue weighted by Gasteiger charge is -2.17. The molecule has 1 aromatic heterocycles. The van der Waals surface area contributed by atoms with Gasteiger partial charge in [-0.25, -0.2) is 13.8 Å². The highest BCUT2D eigenvalue weighted by molar-refractivity contribution is 5.94. The Morgan fingerprint density at radius 2 is 2.22 bits per heavy atom. The minimum atomic E-state index is -4.25. The number of carbonyl (C=O) groups is 1. The highest BCUT2D eigenvalue weighted by atomic mass is 19.3. The summed E-state index contributed by atoms with van der Waals surface area (Å²) in [6.45, 7) is 0.191. The number of rotatable bonds is 6. The van der Waals surface area contributed by atoms with Crippen LogP contribution in [0.25, 0.3) is 0 Å². The number of nitrogens with two attached hydrogens (primary N) is 1. The summed E-state index contributed by atoms with van der Waals surface area (Å²) in [5.74, 6) is -4.46. The van der Waals surface area contributed by atoms with Crippen LogP contribution < -0.4 is 10.5 Å². The first-order chi connectivity index (χ1) is 10.8. The second-order valence-corrected chi connectivity index (χ2v) is 5.38. The molecule has 1 fully saturated rings. The Balaban J connectivity index is 1.93. The Bertz CT molecular complexity index is 539. The molecule has 0 aromatic carbocycles. The average molecular weight is 335 g/mol. The summed E-state index contributed by atoms with van der Waals surface area (Å²) in [4.78, 5) is 17.6. The highest BCUT2D eigenvalue weighted by Crippen LogP contribution is 2.24. The molecule has 0 radical (unpaired) electrons. The van der Waals surface area contributed by atoms with E-state index < -0.39 is 19.0 Å². The molecule has 1 atom stereocenters. The molecule has 0 saturated carbocycles. The van der Waals surface area contributed by atoms with E-state index in [1.165, 1.54) is 18.3 Å². The number of amides is 1. The van der Waals surface area contributed by atoms with E-state index in [2.05, 4.69) is 9.72 Å². The Morgan fingerprint density at radius 1 is 1.48 bits per heavy atom. The predicted molar refractivity (Wildman–Crippen MR) is 73.7 cm³/mol. The van der Waals surface area contributed by atoms with Crippen LogP contribution in [0.2, 0.25) is 0 Å². The van der Waals surface area contributed by atoms with Crippen LogP contribution in [-0.4, -0.2) is 54.4 Å². The SMILES string of the molecule is NCC1CCN(C(=O)c2ccc(OCC(F)(F)C(F)F)nc2)C1. The third kappa shape index (κ3) is 4.31. The molecule has 23 heavy (non-hydrogen) atoms. The minimum Gasteiger partial charge on any atom is -0.471 e. The normalized spacial score (nSPS) is 18.5. The lowest BCUT2D eigenvalue weighted by Crippen LogP contribution is -2.34. The molecule has 0 spiro atoms. The molecule has 0 bridgehead atoms. The van der Waals surface area contributed by atoms with Crippen molar-refractivity contribution in [3.63, 3.8) is 0 Å². The quantitative estimate of drug-likeness (QED) is 0.805. The number of aromatic nitrogens is 1. The summed E-state index contributed by atoms with van der Waals surface area (Å²) in [5.41, 5.74) is 5.84. The summed E-state index contributed by atoms with van der Waals surface area (Å²) in [6.07, 6.45) is -1.80. The maximum absolute atomic E-state index is 12.7. The van der Waals surface area contributed by atoms with Crippen LogP contribution in [0.1, 0.15) is 16.8 Å². The number of hydrogen-bond acceptors (Lipinski definition) is 4. The van der Waals surface area contributed by atoms with E-state index in [0.29, 0.717) is 19.6 Å². The average Bonchev–Trinajstić information content (AvgIpc) is 3.01. The third-order valence-corrected chi connectivity index (χ3v) is 3.62. The van der Waals surface area contributed by atoms with Crippen molar-refractivity contribution in [2.45, 2.75) is 18.8 Å². The molecule has 1 amide bonds. The largest absolute Gasteiger partial charge is 0.471 e. The molecule has 9 heteroatoms. The van der Waals surface area contributed by atoms with Gasteiger partial charge in [-0.2, -0.15) is 8.78 Å². The van der Waals surface area contributed by atoms with Gasteiger partial charge in [0.1, 0.15) is 0 Å². The Kier molecular flexibility index (Phi) is 5.40. The van der Waals surface area contributed by atoms with Gasteiger partial charge in [0.2, 0.25) is 5.88 Å². The van der Waals surface area contributed by atoms with Crippen LogP contribution in [0.4, 0.5) is 17.6 Å². The predicted octanol–water partition coefficient (Wildman–Crippen LogP) is 1.78. The van der Waals surface area contributed by atoms with E-state index in [4.69, 9.17) is 5.73 Å². The monoisotopic (exact) mass is 335 g/mol. The van der Waals surface area contributed by atoms with Gasteiger partial charge in [-0.05, 0) is 24.9 Å². The van der Waals surface area contributed by atoms with Crippen LogP contribution in [0.15, 0.2) is 18.3 Å². The molecule has 1 aromatic rings. The fraction of sp³-hybridized carbons (Fsp3) is 0.571. The number of likely N-dealkylation sites (tertiary alicyclic amines) is 1. The van der Waals surface area contributed by atoms with E-state index in [1.807, 2.05) is 0 Å². The first-order valence-corrected chi connectivity index (χ1v) is 7.07. The second kappa shape index (κ2) is 7.12. The number of nitrogens with zero attached hydrogens (tertiary/aromatic N) is 2. The van der Waals surface area contributed by atoms with Crippen molar-refractivity contribution >= 4 is 5.91 Å². The number of carbonyl (C=O) groups excluding carboxylic acids is 1. The molecule has 0 aliphatic carbocycles. The second-order valence-electron chi connectivity index (χ2n) is 5.38. The topological polar surface area (TPSA) is 68.5 Å². The molecule has 2 rings (SSSR count). The zero-order valence-electron chi connectivity index (χ0n) is 12.2. The first-order valence-electron chi connectivity index (χ1n) is 7.07. The molecule has 1 unspecified atom stereocenters. The zero-order chi connectivity index (χ0) is 17.0. The van der Waals surface area contributed by atoms with Gasteiger partial charge in [0.25, 0.3) is 5.91 Å². The van der Waals surface area contributed by atoms with Gasteiger partial charge in [0.15, 0.2) is 6.61 Å². The van der Waals surface area contributed by atoms with Gasteiger partial charge >= 0.3 is 12.3 Å². The molecule has 5 nitrogen and oxygen atoms in total. The molecule has 1 aliphatic rings. The smallest absolute Gasteiger partial charge is 0.340 e. The van der Waals surface area contributed by atoms with Gasteiger partial charge in [-0.15, -0.1) is 0 Å². The molecule has 128 valence electrons. The van der Waals surface area contributed by atoms with Crippen LogP contribution in [0.5, 0.6) is 5.88 Å². The van der Waals surface area contributed by atoms with Gasteiger partial charge in [-0.1, -0.05) is 0 Å². The number of pyridine rings is 1. The van der Waals surface area contributed by atoms with Gasteiger partial charge in [0.05, 0.1) is 5.56 Å². The number of hydrogen-bond donors (Lipinski definition) is 1. The lowest BCUT2D eigenvalue weighted by atomic mass is 10.1. The number of ether oxygens (including phenoxy) is 1. The van der Waals surface area contributed by atoms with Crippen LogP contribution >= 0.6 is 0 Å². The first kappa shape index (κ1) is 17.5. The van der Waals surface area contributed by atoms with Crippen LogP contribution in [0.3, 0.4) is 0 Å². The summed E-state index contributed by atoms with van der Waals surface area (Å²) in [5, 5.41) is 0. The van der Waals surface area contributed by atoms with Gasteiger partial charge in [-0.3, -0.25) is 4.79 Å². The minimum absolute atomic E-state index is 0.238. The van der Waals surface area contributed by atoms with E-state index in [9.17, 15) is 22.4 Å². The number of alkyl halides is 4. The van der Waals surface area contributed by atoms with Crippen molar-refractivity contribution in [3.8, 4) is 5.88 Å². The fourth-order valence-corrected chi connectivity index (χ4v) is 2.22. The highest BCUT2D eigenvalue weighted by Gasteiger charge is 2.41. The molecule has 1 saturated heterocycles. The van der Waals surface area contributed by atoms with Crippen LogP contribution in [-0.2, 0) is 0 Å². The van der Waals surface area contributed by atoms with E-state index in [1.54, 1.807) is 4.90 Å². The van der Waals surface area contributed by atoms with Crippen molar-refractivity contribution in [2.24, 2.45) is 11.7 Å². The maximum Gasteiger partial charge on any atom is 0.340 e. The van der Waals surface area contributed by atoms with E-state index in [-0.39, 0.29) is 23.3 Å². The van der Waals surface area contributed by atoms with Crippen molar-refractivity contribution in [3.05, 3.63) is 23.9 Å². The Labute approximate surface area is 130 Å². The zero-order valence-corrected chi connectivity index (χ0v) is 12.2. The Morgan fingerprint density at radius 3 is 2.74 bits per heavy atom. The third-order valence-electron chi connectivity index (χ3n) is 3.62. The van der Waals surface area contributed by atoms with Crippen molar-refractivity contribution in [1.29, 1.82) is 0 Å². The maximum atomic E-state index is 12.7. The molecule has 1 aliphatic heterocycles. The van der Waals surface area contributed by atoms with Crippen LogP contribution in [0, 0.1) is 5.92 Å². The Hall–Kier alpha value is -1.90. The summed E-state index contributed by atoms with van der Waals surface area (Å²) >= 11 is 0.